The summed E-state index contributed by atoms with van der Waals surface area (Å²) in [5.41, 5.74) is 3.65. The predicted molar refractivity (Wildman–Crippen MR) is 167 cm³/mol. The van der Waals surface area contributed by atoms with Gasteiger partial charge in [-0.15, -0.1) is 0 Å². The fraction of sp³-hybridized carbons (Fsp3) is 0.639. The number of benzene rings is 2. The van der Waals surface area contributed by atoms with E-state index in [0.29, 0.717) is 18.3 Å². The molecule has 1 atom stereocenters. The highest BCUT2D eigenvalue weighted by Crippen LogP contribution is 2.24. The first-order chi connectivity index (χ1) is 19.1. The van der Waals surface area contributed by atoms with Crippen LogP contribution < -0.4 is 4.74 Å². The van der Waals surface area contributed by atoms with Crippen molar-refractivity contribution in [2.45, 2.75) is 136 Å². The molecule has 0 saturated heterocycles. The van der Waals surface area contributed by atoms with E-state index in [1.807, 2.05) is 24.3 Å². The summed E-state index contributed by atoms with van der Waals surface area (Å²) < 4.78 is 10.6. The quantitative estimate of drug-likeness (QED) is 0.0852. The van der Waals surface area contributed by atoms with Crippen molar-refractivity contribution >= 4 is 6.16 Å². The normalized spacial score (nSPS) is 11.9. The van der Waals surface area contributed by atoms with E-state index in [2.05, 4.69) is 45.0 Å². The first-order valence-corrected chi connectivity index (χ1v) is 16.2. The minimum atomic E-state index is -0.613. The van der Waals surface area contributed by atoms with Gasteiger partial charge in [0, 0.05) is 0 Å². The minimum absolute atomic E-state index is 0.429. The van der Waals surface area contributed by atoms with Gasteiger partial charge in [-0.3, -0.25) is 0 Å². The van der Waals surface area contributed by atoms with Gasteiger partial charge in [0.1, 0.15) is 5.75 Å². The Balaban J connectivity index is 1.45. The van der Waals surface area contributed by atoms with E-state index in [4.69, 9.17) is 9.47 Å². The van der Waals surface area contributed by atoms with Gasteiger partial charge < -0.3 is 9.47 Å². The number of hydrogen-bond donors (Lipinski definition) is 0. The van der Waals surface area contributed by atoms with Gasteiger partial charge in [0.2, 0.25) is 0 Å². The Bertz CT molecular complexity index is 856. The van der Waals surface area contributed by atoms with Gasteiger partial charge in [-0.1, -0.05) is 160 Å². The average Bonchev–Trinajstić information content (AvgIpc) is 2.95. The van der Waals surface area contributed by atoms with E-state index in [0.717, 1.165) is 24.8 Å². The summed E-state index contributed by atoms with van der Waals surface area (Å²) in [4.78, 5) is 12.0. The van der Waals surface area contributed by atoms with Gasteiger partial charge in [-0.2, -0.15) is 0 Å². The van der Waals surface area contributed by atoms with Crippen LogP contribution in [0.3, 0.4) is 0 Å². The van der Waals surface area contributed by atoms with Gasteiger partial charge in [-0.05, 0) is 47.6 Å². The van der Waals surface area contributed by atoms with Crippen LogP contribution in [0.2, 0.25) is 0 Å². The van der Waals surface area contributed by atoms with Crippen LogP contribution in [0, 0.1) is 5.92 Å². The van der Waals surface area contributed by atoms with Gasteiger partial charge in [0.25, 0.3) is 0 Å². The Hall–Kier alpha value is -2.29. The second-order valence-corrected chi connectivity index (χ2v) is 11.4. The Labute approximate surface area is 240 Å². The van der Waals surface area contributed by atoms with Crippen LogP contribution in [-0.2, 0) is 11.2 Å². The smallest absolute Gasteiger partial charge is 0.434 e. The third-order valence-electron chi connectivity index (χ3n) is 7.84. The molecule has 0 aromatic heterocycles. The monoisotopic (exact) mass is 536 g/mol. The summed E-state index contributed by atoms with van der Waals surface area (Å²) in [6.45, 7) is 7.24. The van der Waals surface area contributed by atoms with Crippen molar-refractivity contribution in [3.05, 3.63) is 54.1 Å². The van der Waals surface area contributed by atoms with Crippen LogP contribution in [0.4, 0.5) is 4.79 Å². The van der Waals surface area contributed by atoms with Crippen molar-refractivity contribution in [2.24, 2.45) is 5.92 Å². The molecule has 0 heterocycles. The van der Waals surface area contributed by atoms with Crippen molar-refractivity contribution in [3.63, 3.8) is 0 Å². The maximum Gasteiger partial charge on any atom is 0.513 e. The third-order valence-corrected chi connectivity index (χ3v) is 7.84. The lowest BCUT2D eigenvalue weighted by molar-refractivity contribution is 0.0973. The molecule has 0 amide bonds. The molecular weight excluding hydrogens is 480 g/mol. The Morgan fingerprint density at radius 2 is 1.05 bits per heavy atom. The minimum Gasteiger partial charge on any atom is -0.434 e. The van der Waals surface area contributed by atoms with Crippen LogP contribution in [0.5, 0.6) is 5.75 Å². The molecule has 0 spiro atoms. The maximum atomic E-state index is 12.0. The van der Waals surface area contributed by atoms with Crippen LogP contribution in [0.15, 0.2) is 48.5 Å². The molecule has 0 bridgehead atoms. The molecule has 218 valence electrons. The maximum absolute atomic E-state index is 12.0. The molecule has 2 aromatic carbocycles. The molecular formula is C36H56O3. The average molecular weight is 537 g/mol. The number of carbonyl (C=O) groups excluding carboxylic acids is 1. The van der Waals surface area contributed by atoms with Crippen molar-refractivity contribution in [3.8, 4) is 16.9 Å². The summed E-state index contributed by atoms with van der Waals surface area (Å²) in [6, 6.07) is 16.4. The molecule has 39 heavy (non-hydrogen) atoms. The van der Waals surface area contributed by atoms with Crippen LogP contribution in [0.25, 0.3) is 11.1 Å². The number of carbonyl (C=O) groups is 1. The summed E-state index contributed by atoms with van der Waals surface area (Å²) in [7, 11) is 0. The zero-order chi connectivity index (χ0) is 28.0. The molecule has 3 heteroatoms. The largest absolute Gasteiger partial charge is 0.513 e. The zero-order valence-corrected chi connectivity index (χ0v) is 25.4. The molecule has 2 aromatic rings. The molecule has 0 N–H and O–H groups in total. The van der Waals surface area contributed by atoms with Crippen molar-refractivity contribution in [1.82, 2.24) is 0 Å². The molecule has 0 aliphatic heterocycles. The van der Waals surface area contributed by atoms with E-state index < -0.39 is 6.16 Å². The molecule has 3 nitrogen and oxygen atoms in total. The summed E-state index contributed by atoms with van der Waals surface area (Å²) in [6.07, 6.45) is 23.0. The number of unbranched alkanes of at least 4 members (excludes halogenated alkanes) is 15. The summed E-state index contributed by atoms with van der Waals surface area (Å²) in [5, 5.41) is 0. The summed E-state index contributed by atoms with van der Waals surface area (Å²) in [5.74, 6) is 1.22. The Morgan fingerprint density at radius 3 is 1.51 bits per heavy atom. The van der Waals surface area contributed by atoms with Crippen molar-refractivity contribution in [1.29, 1.82) is 0 Å². The molecule has 1 unspecified atom stereocenters. The fourth-order valence-electron chi connectivity index (χ4n) is 5.03. The molecule has 0 aliphatic carbocycles. The van der Waals surface area contributed by atoms with Crippen LogP contribution >= 0.6 is 0 Å². The van der Waals surface area contributed by atoms with Gasteiger partial charge >= 0.3 is 6.16 Å². The highest BCUT2D eigenvalue weighted by molar-refractivity contribution is 5.67. The summed E-state index contributed by atoms with van der Waals surface area (Å²) >= 11 is 0. The van der Waals surface area contributed by atoms with Gasteiger partial charge in [0.05, 0.1) is 6.61 Å². The number of rotatable bonds is 22. The Kier molecular flexibility index (Phi) is 18.2. The highest BCUT2D eigenvalue weighted by atomic mass is 16.7. The topological polar surface area (TPSA) is 35.5 Å². The first kappa shape index (κ1) is 32.9. The molecule has 2 rings (SSSR count). The van der Waals surface area contributed by atoms with E-state index in [1.165, 1.54) is 107 Å². The fourth-order valence-corrected chi connectivity index (χ4v) is 5.03. The van der Waals surface area contributed by atoms with E-state index >= 15 is 0 Å². The van der Waals surface area contributed by atoms with Crippen molar-refractivity contribution < 1.29 is 14.3 Å². The Morgan fingerprint density at radius 1 is 0.615 bits per heavy atom. The van der Waals surface area contributed by atoms with E-state index in [1.54, 1.807) is 0 Å². The number of hydrogen-bond acceptors (Lipinski definition) is 3. The lowest BCUT2D eigenvalue weighted by Crippen LogP contribution is -2.11. The van der Waals surface area contributed by atoms with Gasteiger partial charge in [0.15, 0.2) is 0 Å². The lowest BCUT2D eigenvalue weighted by Gasteiger charge is -2.10. The lowest BCUT2D eigenvalue weighted by atomic mass is 9.97. The van der Waals surface area contributed by atoms with E-state index in [9.17, 15) is 4.79 Å². The first-order valence-electron chi connectivity index (χ1n) is 16.2. The van der Waals surface area contributed by atoms with Gasteiger partial charge in [-0.25, -0.2) is 4.79 Å². The third kappa shape index (κ3) is 15.8. The van der Waals surface area contributed by atoms with E-state index in [-0.39, 0.29) is 0 Å². The number of ether oxygens (including phenoxy) is 2. The molecule has 0 saturated carbocycles. The second kappa shape index (κ2) is 21.5. The second-order valence-electron chi connectivity index (χ2n) is 11.4. The van der Waals surface area contributed by atoms with Crippen LogP contribution in [-0.4, -0.2) is 12.8 Å². The predicted octanol–water partition coefficient (Wildman–Crippen LogP) is 11.7. The van der Waals surface area contributed by atoms with Crippen LogP contribution in [0.1, 0.15) is 135 Å². The molecule has 0 fully saturated rings. The zero-order valence-electron chi connectivity index (χ0n) is 25.4. The van der Waals surface area contributed by atoms with Crippen molar-refractivity contribution in [2.75, 3.05) is 6.61 Å². The molecule has 0 aliphatic rings. The highest BCUT2D eigenvalue weighted by Gasteiger charge is 2.07. The standard InChI is InChI=1S/C36H56O3/c1-4-6-7-8-9-10-11-12-13-14-15-16-17-18-19-20-29-38-36(37)39-35-27-25-34(26-28-35)33-23-21-32(22-24-33)30-31(3)5-2/h21-28,31H,4-20,29-30H2,1-3H3. The SMILES string of the molecule is CCCCCCCCCCCCCCCCCCOC(=O)Oc1ccc(-c2ccc(CC(C)CC)cc2)cc1. The molecule has 0 radical (unpaired) electrons.